The lowest BCUT2D eigenvalue weighted by atomic mass is 10.1. The molecule has 0 bridgehead atoms. The minimum atomic E-state index is 0.0751. The first kappa shape index (κ1) is 14.3. The van der Waals surface area contributed by atoms with Gasteiger partial charge in [0, 0.05) is 0 Å². The summed E-state index contributed by atoms with van der Waals surface area (Å²) in [6.07, 6.45) is 0. The van der Waals surface area contributed by atoms with Crippen LogP contribution in [0.2, 0.25) is 0 Å². The summed E-state index contributed by atoms with van der Waals surface area (Å²) >= 11 is 0. The molecular weight excluding hydrogens is 206 g/mol. The van der Waals surface area contributed by atoms with Gasteiger partial charge in [-0.15, -0.1) is 0 Å². The monoisotopic (exact) mass is 230 g/mol. The van der Waals surface area contributed by atoms with Crippen molar-refractivity contribution in [3.8, 4) is 0 Å². The normalized spacial score (nSPS) is 15.9. The molecular formula is C12H24P2. The Hall–Kier alpha value is 0.340. The molecule has 0 unspecified atom stereocenters. The first-order valence-electron chi connectivity index (χ1n) is 4.99. The van der Waals surface area contributed by atoms with Crippen LogP contribution in [0.25, 0.3) is 0 Å². The van der Waals surface area contributed by atoms with E-state index in [4.69, 9.17) is 0 Å². The van der Waals surface area contributed by atoms with Gasteiger partial charge in [0.2, 0.25) is 0 Å². The first-order valence-corrected chi connectivity index (χ1v) is 9.46. The molecule has 14 heavy (non-hydrogen) atoms. The zero-order chi connectivity index (χ0) is 11.5. The van der Waals surface area contributed by atoms with Crippen LogP contribution >= 0.6 is 15.8 Å². The molecule has 0 aromatic heterocycles. The third-order valence-electron chi connectivity index (χ3n) is 2.99. The Morgan fingerprint density at radius 2 is 0.786 bits per heavy atom. The van der Waals surface area contributed by atoms with Crippen molar-refractivity contribution in [3.05, 3.63) is 21.8 Å². The van der Waals surface area contributed by atoms with E-state index in [1.54, 1.807) is 10.6 Å². The van der Waals surface area contributed by atoms with E-state index in [1.165, 1.54) is 11.1 Å². The average Bonchev–Trinajstić information content (AvgIpc) is 2.12. The predicted molar refractivity (Wildman–Crippen MR) is 74.3 cm³/mol. The van der Waals surface area contributed by atoms with E-state index in [0.29, 0.717) is 0 Å². The van der Waals surface area contributed by atoms with Crippen LogP contribution in [-0.2, 0) is 0 Å². The molecule has 0 aliphatic heterocycles. The molecule has 0 rings (SSSR count). The van der Waals surface area contributed by atoms with Crippen molar-refractivity contribution >= 4 is 15.8 Å². The SMILES string of the molecule is CC(C(C)=C(C)P(C)C)=C(C)P(C)C. The quantitative estimate of drug-likeness (QED) is 0.469. The maximum atomic E-state index is 2.33. The van der Waals surface area contributed by atoms with Gasteiger partial charge in [-0.1, -0.05) is 15.8 Å². The van der Waals surface area contributed by atoms with Gasteiger partial charge in [-0.3, -0.25) is 0 Å². The highest BCUT2D eigenvalue weighted by Gasteiger charge is 2.07. The minimum absolute atomic E-state index is 0.0751. The Morgan fingerprint density at radius 3 is 0.929 bits per heavy atom. The van der Waals surface area contributed by atoms with Crippen LogP contribution in [0.3, 0.4) is 0 Å². The van der Waals surface area contributed by atoms with Crippen LogP contribution in [0, 0.1) is 0 Å². The van der Waals surface area contributed by atoms with E-state index in [0.717, 1.165) is 0 Å². The molecule has 0 radical (unpaired) electrons. The van der Waals surface area contributed by atoms with Crippen molar-refractivity contribution in [2.24, 2.45) is 0 Å². The van der Waals surface area contributed by atoms with Gasteiger partial charge >= 0.3 is 0 Å². The maximum Gasteiger partial charge on any atom is -0.0391 e. The van der Waals surface area contributed by atoms with Crippen LogP contribution in [0.5, 0.6) is 0 Å². The molecule has 0 aliphatic rings. The average molecular weight is 230 g/mol. The zero-order valence-corrected chi connectivity index (χ0v) is 12.7. The number of hydrogen-bond acceptors (Lipinski definition) is 0. The van der Waals surface area contributed by atoms with Crippen molar-refractivity contribution < 1.29 is 0 Å². The van der Waals surface area contributed by atoms with Gasteiger partial charge in [-0.2, -0.15) is 0 Å². The van der Waals surface area contributed by atoms with E-state index >= 15 is 0 Å². The number of allylic oxidation sites excluding steroid dienone is 4. The first-order chi connectivity index (χ1) is 6.29. The lowest BCUT2D eigenvalue weighted by Crippen LogP contribution is -1.89. The second kappa shape index (κ2) is 6.04. The summed E-state index contributed by atoms with van der Waals surface area (Å²) in [7, 11) is 0.150. The standard InChI is InChI=1S/C12H24P2/c1-9(11(3)13(5)6)10(2)12(4)14(7)8/h1-8H3. The fourth-order valence-electron chi connectivity index (χ4n) is 1.21. The van der Waals surface area contributed by atoms with Crippen LogP contribution in [0.4, 0.5) is 0 Å². The van der Waals surface area contributed by atoms with Gasteiger partial charge in [0.15, 0.2) is 0 Å². The molecule has 0 aliphatic carbocycles. The van der Waals surface area contributed by atoms with E-state index in [9.17, 15) is 0 Å². The third-order valence-corrected chi connectivity index (χ3v) is 6.34. The van der Waals surface area contributed by atoms with E-state index in [1.807, 2.05) is 0 Å². The van der Waals surface area contributed by atoms with Gasteiger partial charge in [-0.25, -0.2) is 0 Å². The van der Waals surface area contributed by atoms with Crippen LogP contribution in [-0.4, -0.2) is 26.7 Å². The third kappa shape index (κ3) is 3.84. The number of rotatable bonds is 3. The molecule has 2 heteroatoms. The number of hydrogen-bond donors (Lipinski definition) is 0. The Morgan fingerprint density at radius 1 is 0.571 bits per heavy atom. The second-order valence-electron chi connectivity index (χ2n) is 4.21. The van der Waals surface area contributed by atoms with Crippen LogP contribution in [0.1, 0.15) is 27.7 Å². The zero-order valence-electron chi connectivity index (χ0n) is 10.9. The Bertz CT molecular complexity index is 229. The summed E-state index contributed by atoms with van der Waals surface area (Å²) in [5.41, 5.74) is 3.05. The largest absolute Gasteiger partial charge is 0.0861 e. The summed E-state index contributed by atoms with van der Waals surface area (Å²) in [5.74, 6) is 0. The summed E-state index contributed by atoms with van der Waals surface area (Å²) in [6.45, 7) is 18.4. The summed E-state index contributed by atoms with van der Waals surface area (Å²) in [4.78, 5) is 0. The highest BCUT2D eigenvalue weighted by molar-refractivity contribution is 7.60. The maximum absolute atomic E-state index is 2.33. The Kier molecular flexibility index (Phi) is 6.19. The molecule has 0 saturated carbocycles. The fraction of sp³-hybridized carbons (Fsp3) is 0.667. The van der Waals surface area contributed by atoms with E-state index in [2.05, 4.69) is 54.4 Å². The van der Waals surface area contributed by atoms with Gasteiger partial charge in [0.25, 0.3) is 0 Å². The van der Waals surface area contributed by atoms with Crippen LogP contribution in [0.15, 0.2) is 21.8 Å². The topological polar surface area (TPSA) is 0 Å². The van der Waals surface area contributed by atoms with Gasteiger partial charge in [0.1, 0.15) is 0 Å². The molecule has 0 saturated heterocycles. The molecule has 0 aromatic rings. The molecule has 0 atom stereocenters. The molecule has 0 amide bonds. The van der Waals surface area contributed by atoms with Gasteiger partial charge in [0.05, 0.1) is 0 Å². The summed E-state index contributed by atoms with van der Waals surface area (Å²) in [6, 6.07) is 0. The molecule has 0 N–H and O–H groups in total. The van der Waals surface area contributed by atoms with Gasteiger partial charge in [-0.05, 0) is 76.1 Å². The Labute approximate surface area is 92.4 Å². The van der Waals surface area contributed by atoms with Crippen molar-refractivity contribution in [2.45, 2.75) is 27.7 Å². The molecule has 0 heterocycles. The lowest BCUT2D eigenvalue weighted by molar-refractivity contribution is 1.28. The van der Waals surface area contributed by atoms with Crippen molar-refractivity contribution in [2.75, 3.05) is 26.7 Å². The van der Waals surface area contributed by atoms with Gasteiger partial charge < -0.3 is 0 Å². The fourth-order valence-corrected chi connectivity index (χ4v) is 2.89. The minimum Gasteiger partial charge on any atom is -0.0861 e. The van der Waals surface area contributed by atoms with Crippen molar-refractivity contribution in [1.82, 2.24) is 0 Å². The predicted octanol–water partition coefficient (Wildman–Crippen LogP) is 5.06. The van der Waals surface area contributed by atoms with Crippen molar-refractivity contribution in [3.63, 3.8) is 0 Å². The molecule has 0 fully saturated rings. The molecule has 82 valence electrons. The van der Waals surface area contributed by atoms with E-state index in [-0.39, 0.29) is 15.8 Å². The highest BCUT2D eigenvalue weighted by atomic mass is 31.1. The van der Waals surface area contributed by atoms with Crippen LogP contribution < -0.4 is 0 Å². The Balaban J connectivity index is 5.14. The molecule has 0 aromatic carbocycles. The second-order valence-corrected chi connectivity index (χ2v) is 9.13. The van der Waals surface area contributed by atoms with Crippen molar-refractivity contribution in [1.29, 1.82) is 0 Å². The lowest BCUT2D eigenvalue weighted by Gasteiger charge is -2.16. The molecule has 0 spiro atoms. The summed E-state index contributed by atoms with van der Waals surface area (Å²) < 4.78 is 0. The smallest absolute Gasteiger partial charge is 0.0391 e. The highest BCUT2D eigenvalue weighted by Crippen LogP contribution is 2.44. The van der Waals surface area contributed by atoms with E-state index < -0.39 is 0 Å². The summed E-state index contributed by atoms with van der Waals surface area (Å²) in [5, 5.41) is 3.18. The molecule has 0 nitrogen and oxygen atoms in total.